The van der Waals surface area contributed by atoms with Crippen LogP contribution in [0.1, 0.15) is 31.7 Å². The van der Waals surface area contributed by atoms with Gasteiger partial charge < -0.3 is 26.0 Å². The first-order valence-electron chi connectivity index (χ1n) is 7.95. The number of amides is 2. The van der Waals surface area contributed by atoms with Gasteiger partial charge in [0.2, 0.25) is 0 Å². The third-order valence-electron chi connectivity index (χ3n) is 3.62. The fourth-order valence-electron chi connectivity index (χ4n) is 2.33. The Hall–Kier alpha value is -2.61. The van der Waals surface area contributed by atoms with E-state index in [9.17, 15) is 24.6 Å². The van der Waals surface area contributed by atoms with E-state index in [2.05, 4.69) is 10.6 Å². The minimum absolute atomic E-state index is 0.188. The first kappa shape index (κ1) is 20.4. The smallest absolute Gasteiger partial charge is 0.332 e. The van der Waals surface area contributed by atoms with Gasteiger partial charge in [-0.15, -0.1) is 0 Å². The molecule has 0 saturated carbocycles. The molecule has 0 aliphatic carbocycles. The molecule has 8 heteroatoms. The number of nitrogens with one attached hydrogen (secondary N) is 2. The molecule has 8 nitrogen and oxygen atoms in total. The molecule has 1 aromatic rings. The molecule has 3 atom stereocenters. The van der Waals surface area contributed by atoms with Gasteiger partial charge in [-0.25, -0.2) is 14.4 Å². The Kier molecular flexibility index (Phi) is 7.87. The van der Waals surface area contributed by atoms with Crippen LogP contribution in [-0.2, 0) is 9.59 Å². The summed E-state index contributed by atoms with van der Waals surface area (Å²) in [7, 11) is 0. The Bertz CT molecular complexity index is 590. The molecule has 1 aromatic carbocycles. The fraction of sp³-hybridized carbons (Fsp3) is 0.471. The van der Waals surface area contributed by atoms with Crippen molar-refractivity contribution in [2.45, 2.75) is 38.3 Å². The summed E-state index contributed by atoms with van der Waals surface area (Å²) in [6, 6.07) is 6.29. The van der Waals surface area contributed by atoms with E-state index in [1.54, 1.807) is 30.3 Å². The van der Waals surface area contributed by atoms with E-state index in [0.717, 1.165) is 0 Å². The maximum Gasteiger partial charge on any atom is 0.332 e. The minimum atomic E-state index is -1.74. The van der Waals surface area contributed by atoms with Crippen LogP contribution in [0.15, 0.2) is 30.3 Å². The predicted molar refractivity (Wildman–Crippen MR) is 90.2 cm³/mol. The second-order valence-electron chi connectivity index (χ2n) is 6.17. The number of aliphatic hydroxyl groups is 1. The van der Waals surface area contributed by atoms with Crippen molar-refractivity contribution in [2.24, 2.45) is 5.92 Å². The molecule has 0 aliphatic heterocycles. The lowest BCUT2D eigenvalue weighted by Crippen LogP contribution is -2.50. The van der Waals surface area contributed by atoms with Gasteiger partial charge in [-0.2, -0.15) is 0 Å². The molecule has 1 rings (SSSR count). The van der Waals surface area contributed by atoms with Gasteiger partial charge in [-0.3, -0.25) is 0 Å². The molecule has 0 aromatic heterocycles. The molecule has 0 radical (unpaired) electrons. The second-order valence-corrected chi connectivity index (χ2v) is 6.17. The minimum Gasteiger partial charge on any atom is -0.480 e. The lowest BCUT2D eigenvalue weighted by atomic mass is 9.86. The number of aliphatic carboxylic acids is 2. The molecule has 5 N–H and O–H groups in total. The fourth-order valence-corrected chi connectivity index (χ4v) is 2.33. The molecule has 0 heterocycles. The summed E-state index contributed by atoms with van der Waals surface area (Å²) in [5, 5.41) is 33.0. The number of aliphatic hydroxyl groups excluding tert-OH is 1. The highest BCUT2D eigenvalue weighted by molar-refractivity contribution is 5.83. The zero-order valence-corrected chi connectivity index (χ0v) is 14.2. The van der Waals surface area contributed by atoms with E-state index < -0.39 is 36.0 Å². The number of rotatable bonds is 9. The molecule has 0 spiro atoms. The van der Waals surface area contributed by atoms with Crippen LogP contribution in [0.25, 0.3) is 0 Å². The van der Waals surface area contributed by atoms with Crippen LogP contribution >= 0.6 is 0 Å². The van der Waals surface area contributed by atoms with Gasteiger partial charge in [-0.1, -0.05) is 44.2 Å². The van der Waals surface area contributed by atoms with E-state index >= 15 is 0 Å². The zero-order chi connectivity index (χ0) is 19.0. The Labute approximate surface area is 145 Å². The quantitative estimate of drug-likeness (QED) is 0.450. The maximum absolute atomic E-state index is 12.0. The summed E-state index contributed by atoms with van der Waals surface area (Å²) in [5.74, 6) is -3.48. The van der Waals surface area contributed by atoms with Crippen LogP contribution in [0.2, 0.25) is 0 Å². The summed E-state index contributed by atoms with van der Waals surface area (Å²) < 4.78 is 0. The van der Waals surface area contributed by atoms with Crippen LogP contribution in [0.4, 0.5) is 4.79 Å². The average molecular weight is 352 g/mol. The average Bonchev–Trinajstić information content (AvgIpc) is 2.56. The van der Waals surface area contributed by atoms with Crippen LogP contribution in [-0.4, -0.2) is 52.0 Å². The van der Waals surface area contributed by atoms with Crippen LogP contribution < -0.4 is 10.6 Å². The van der Waals surface area contributed by atoms with Gasteiger partial charge in [0.15, 0.2) is 6.10 Å². The van der Waals surface area contributed by atoms with Crippen molar-refractivity contribution in [1.82, 2.24) is 10.6 Å². The lowest BCUT2D eigenvalue weighted by molar-refractivity contribution is -0.148. The van der Waals surface area contributed by atoms with E-state index in [-0.39, 0.29) is 12.3 Å². The first-order valence-corrected chi connectivity index (χ1v) is 7.95. The number of benzene rings is 1. The van der Waals surface area contributed by atoms with Crippen LogP contribution in [0.3, 0.4) is 0 Å². The second kappa shape index (κ2) is 9.63. The Morgan fingerprint density at radius 2 is 1.64 bits per heavy atom. The van der Waals surface area contributed by atoms with Crippen molar-refractivity contribution in [1.29, 1.82) is 0 Å². The third kappa shape index (κ3) is 6.80. The van der Waals surface area contributed by atoms with Gasteiger partial charge in [0.05, 0.1) is 0 Å². The van der Waals surface area contributed by atoms with E-state index in [0.29, 0.717) is 12.1 Å². The Morgan fingerprint density at radius 3 is 2.12 bits per heavy atom. The highest BCUT2D eigenvalue weighted by Crippen LogP contribution is 2.26. The topological polar surface area (TPSA) is 136 Å². The molecule has 25 heavy (non-hydrogen) atoms. The van der Waals surface area contributed by atoms with Crippen molar-refractivity contribution in [3.8, 4) is 0 Å². The molecular weight excluding hydrogens is 328 g/mol. The van der Waals surface area contributed by atoms with E-state index in [1.165, 1.54) is 0 Å². The monoisotopic (exact) mass is 352 g/mol. The summed E-state index contributed by atoms with van der Waals surface area (Å²) >= 11 is 0. The number of carbonyl (C=O) groups is 3. The van der Waals surface area contributed by atoms with Gasteiger partial charge in [0, 0.05) is 12.5 Å². The van der Waals surface area contributed by atoms with Gasteiger partial charge >= 0.3 is 18.0 Å². The number of urea groups is 1. The molecule has 3 unspecified atom stereocenters. The first-order chi connectivity index (χ1) is 11.7. The van der Waals surface area contributed by atoms with E-state index in [1.807, 2.05) is 13.8 Å². The molecule has 0 fully saturated rings. The number of carbonyl (C=O) groups excluding carboxylic acids is 1. The van der Waals surface area contributed by atoms with Crippen LogP contribution in [0.5, 0.6) is 0 Å². The third-order valence-corrected chi connectivity index (χ3v) is 3.62. The number of carboxylic acids is 2. The van der Waals surface area contributed by atoms with Crippen molar-refractivity contribution in [2.75, 3.05) is 6.54 Å². The van der Waals surface area contributed by atoms with Gasteiger partial charge in [-0.05, 0) is 17.9 Å². The summed E-state index contributed by atoms with van der Waals surface area (Å²) in [4.78, 5) is 34.6. The molecule has 0 aliphatic rings. The van der Waals surface area contributed by atoms with Crippen molar-refractivity contribution < 1.29 is 29.7 Å². The highest BCUT2D eigenvalue weighted by atomic mass is 16.4. The largest absolute Gasteiger partial charge is 0.480 e. The summed E-state index contributed by atoms with van der Waals surface area (Å²) in [6.45, 7) is 4.15. The maximum atomic E-state index is 12.0. The lowest BCUT2D eigenvalue weighted by Gasteiger charge is -2.26. The van der Waals surface area contributed by atoms with Crippen molar-refractivity contribution in [3.63, 3.8) is 0 Å². The zero-order valence-electron chi connectivity index (χ0n) is 14.2. The van der Waals surface area contributed by atoms with E-state index in [4.69, 9.17) is 5.11 Å². The molecular formula is C17H24N2O6. The predicted octanol–water partition coefficient (Wildman–Crippen LogP) is 1.01. The molecule has 0 bridgehead atoms. The molecule has 138 valence electrons. The number of carboxylic acid groups (broad SMARTS) is 2. The van der Waals surface area contributed by atoms with Crippen molar-refractivity contribution in [3.05, 3.63) is 35.9 Å². The van der Waals surface area contributed by atoms with Crippen molar-refractivity contribution >= 4 is 18.0 Å². The Balaban J connectivity index is 3.02. The summed E-state index contributed by atoms with van der Waals surface area (Å²) in [5.41, 5.74) is 0.513. The standard InChI is InChI=1S/C17H24N2O6/c1-10(2)9-18-17(25)19-14(16(23)24)12(8-13(20)15(21)22)11-6-4-3-5-7-11/h3-7,10,12-14,20H,8-9H2,1-2H3,(H,21,22)(H,23,24)(H2,18,19,25). The summed E-state index contributed by atoms with van der Waals surface area (Å²) in [6.07, 6.45) is -2.09. The molecule has 2 amide bonds. The highest BCUT2D eigenvalue weighted by Gasteiger charge is 2.34. The van der Waals surface area contributed by atoms with Gasteiger partial charge in [0.25, 0.3) is 0 Å². The Morgan fingerprint density at radius 1 is 1.04 bits per heavy atom. The number of hydrogen-bond acceptors (Lipinski definition) is 4. The van der Waals surface area contributed by atoms with Crippen LogP contribution in [0, 0.1) is 5.92 Å². The normalized spacial score (nSPS) is 14.4. The number of hydrogen-bond donors (Lipinski definition) is 5. The van der Waals surface area contributed by atoms with Gasteiger partial charge in [0.1, 0.15) is 6.04 Å². The SMILES string of the molecule is CC(C)CNC(=O)NC(C(=O)O)C(CC(O)C(=O)O)c1ccccc1. The molecule has 0 saturated heterocycles.